The van der Waals surface area contributed by atoms with Crippen LogP contribution >= 0.6 is 0 Å². The van der Waals surface area contributed by atoms with Crippen molar-refractivity contribution >= 4 is 11.8 Å². The fraction of sp³-hybridized carbons (Fsp3) is 0.895. The summed E-state index contributed by atoms with van der Waals surface area (Å²) in [7, 11) is 0. The molecule has 3 saturated carbocycles. The maximum absolute atomic E-state index is 12.6. The number of Topliss-reactive ketones (excluding diaryl/α,β-unsaturated/α-hetero) is 1. The molecule has 0 spiro atoms. The van der Waals surface area contributed by atoms with Gasteiger partial charge in [-0.3, -0.25) is 9.59 Å². The van der Waals surface area contributed by atoms with Gasteiger partial charge in [-0.15, -0.1) is 0 Å². The number of carbonyl (C=O) groups is 2. The zero-order valence-corrected chi connectivity index (χ0v) is 14.4. The molecule has 0 amide bonds. The zero-order chi connectivity index (χ0) is 16.1. The number of rotatable bonds is 3. The minimum Gasteiger partial charge on any atom is -0.459 e. The Labute approximate surface area is 134 Å². The maximum atomic E-state index is 12.6. The van der Waals surface area contributed by atoms with Crippen molar-refractivity contribution in [1.29, 1.82) is 0 Å². The molecule has 0 heterocycles. The summed E-state index contributed by atoms with van der Waals surface area (Å²) in [5.41, 5.74) is -0.651. The lowest BCUT2D eigenvalue weighted by atomic mass is 9.74. The zero-order valence-electron chi connectivity index (χ0n) is 14.4. The summed E-state index contributed by atoms with van der Waals surface area (Å²) in [4.78, 5) is 25.0. The van der Waals surface area contributed by atoms with E-state index in [1.165, 1.54) is 12.8 Å². The van der Waals surface area contributed by atoms with Gasteiger partial charge in [0.15, 0.2) is 0 Å². The van der Waals surface area contributed by atoms with Crippen LogP contribution in [0.2, 0.25) is 0 Å². The van der Waals surface area contributed by atoms with Gasteiger partial charge in [0.05, 0.1) is 11.8 Å². The average molecular weight is 306 g/mol. The normalized spacial score (nSPS) is 41.7. The highest BCUT2D eigenvalue weighted by molar-refractivity contribution is 5.83. The Morgan fingerprint density at radius 3 is 2.36 bits per heavy atom. The standard InChI is InChI=1S/C19H30O3/c1-11-5-6-16(17(20)7-11)19(3,4)22-18(21)15-10-13-9-14(15)8-12(13)2/h11-16H,5-10H2,1-4H3. The number of hydrogen-bond acceptors (Lipinski definition) is 3. The lowest BCUT2D eigenvalue weighted by Gasteiger charge is -2.38. The summed E-state index contributed by atoms with van der Waals surface area (Å²) in [6.45, 7) is 8.29. The van der Waals surface area contributed by atoms with Gasteiger partial charge in [-0.2, -0.15) is 0 Å². The summed E-state index contributed by atoms with van der Waals surface area (Å²) in [5.74, 6) is 2.66. The fourth-order valence-corrected chi connectivity index (χ4v) is 5.19. The molecule has 3 nitrogen and oxygen atoms in total. The van der Waals surface area contributed by atoms with E-state index in [2.05, 4.69) is 13.8 Å². The number of fused-ring (bicyclic) bond motifs is 2. The molecule has 3 rings (SSSR count). The summed E-state index contributed by atoms with van der Waals surface area (Å²) >= 11 is 0. The molecule has 22 heavy (non-hydrogen) atoms. The molecule has 0 N–H and O–H groups in total. The Morgan fingerprint density at radius 2 is 1.82 bits per heavy atom. The van der Waals surface area contributed by atoms with Gasteiger partial charge in [0.25, 0.3) is 0 Å². The molecule has 0 aliphatic heterocycles. The second-order valence-electron chi connectivity index (χ2n) is 8.74. The van der Waals surface area contributed by atoms with Crippen LogP contribution in [-0.2, 0) is 14.3 Å². The fourth-order valence-electron chi connectivity index (χ4n) is 5.19. The Bertz CT molecular complexity index is 465. The van der Waals surface area contributed by atoms with E-state index in [1.807, 2.05) is 13.8 Å². The molecule has 3 aliphatic carbocycles. The van der Waals surface area contributed by atoms with Crippen molar-refractivity contribution in [3.8, 4) is 0 Å². The quantitative estimate of drug-likeness (QED) is 0.740. The van der Waals surface area contributed by atoms with Gasteiger partial charge in [0.2, 0.25) is 0 Å². The summed E-state index contributed by atoms with van der Waals surface area (Å²) in [5, 5.41) is 0. The number of esters is 1. The van der Waals surface area contributed by atoms with Gasteiger partial charge in [0.1, 0.15) is 11.4 Å². The lowest BCUT2D eigenvalue weighted by molar-refractivity contribution is -0.172. The molecule has 6 atom stereocenters. The highest BCUT2D eigenvalue weighted by Gasteiger charge is 2.49. The number of hydrogen-bond donors (Lipinski definition) is 0. The van der Waals surface area contributed by atoms with Crippen LogP contribution in [0.4, 0.5) is 0 Å². The van der Waals surface area contributed by atoms with Gasteiger partial charge in [0, 0.05) is 6.42 Å². The van der Waals surface area contributed by atoms with E-state index in [9.17, 15) is 9.59 Å². The minimum atomic E-state index is -0.651. The van der Waals surface area contributed by atoms with E-state index in [1.54, 1.807) is 0 Å². The minimum absolute atomic E-state index is 0.0455. The third kappa shape index (κ3) is 2.83. The molecule has 0 radical (unpaired) electrons. The first-order chi connectivity index (χ1) is 10.3. The van der Waals surface area contributed by atoms with E-state index in [4.69, 9.17) is 4.74 Å². The smallest absolute Gasteiger partial charge is 0.309 e. The Hall–Kier alpha value is -0.860. The monoisotopic (exact) mass is 306 g/mol. The molecule has 3 aliphatic rings. The molecule has 0 aromatic heterocycles. The average Bonchev–Trinajstić information content (AvgIpc) is 2.96. The van der Waals surface area contributed by atoms with Crippen LogP contribution in [0.5, 0.6) is 0 Å². The van der Waals surface area contributed by atoms with Crippen LogP contribution in [0.1, 0.15) is 66.2 Å². The summed E-state index contributed by atoms with van der Waals surface area (Å²) in [6, 6.07) is 0. The SMILES string of the molecule is CC1CCC(C(C)(C)OC(=O)C2CC3CC2CC3C)C(=O)C1. The third-order valence-electron chi connectivity index (χ3n) is 6.60. The number of ether oxygens (including phenoxy) is 1. The van der Waals surface area contributed by atoms with Gasteiger partial charge in [-0.1, -0.05) is 13.8 Å². The van der Waals surface area contributed by atoms with Crippen molar-refractivity contribution in [3.63, 3.8) is 0 Å². The Balaban J connectivity index is 1.62. The van der Waals surface area contributed by atoms with Crippen LogP contribution < -0.4 is 0 Å². The van der Waals surface area contributed by atoms with Crippen molar-refractivity contribution in [2.75, 3.05) is 0 Å². The van der Waals surface area contributed by atoms with Crippen molar-refractivity contribution in [2.45, 2.75) is 71.8 Å². The number of carbonyl (C=O) groups excluding carboxylic acids is 2. The van der Waals surface area contributed by atoms with Crippen molar-refractivity contribution in [2.24, 2.45) is 35.5 Å². The summed E-state index contributed by atoms with van der Waals surface area (Å²) < 4.78 is 5.90. The largest absolute Gasteiger partial charge is 0.459 e. The number of ketones is 1. The van der Waals surface area contributed by atoms with E-state index in [0.717, 1.165) is 25.2 Å². The van der Waals surface area contributed by atoms with Crippen LogP contribution in [0, 0.1) is 35.5 Å². The molecule has 0 saturated heterocycles. The highest BCUT2D eigenvalue weighted by atomic mass is 16.6. The first kappa shape index (κ1) is 16.0. The first-order valence-electron chi connectivity index (χ1n) is 9.03. The van der Waals surface area contributed by atoms with E-state index < -0.39 is 5.60 Å². The second-order valence-corrected chi connectivity index (χ2v) is 8.74. The predicted octanol–water partition coefficient (Wildman–Crippen LogP) is 4.00. The molecule has 124 valence electrons. The van der Waals surface area contributed by atoms with Crippen LogP contribution in [-0.4, -0.2) is 17.4 Å². The van der Waals surface area contributed by atoms with Gasteiger partial charge in [-0.25, -0.2) is 0 Å². The lowest BCUT2D eigenvalue weighted by Crippen LogP contribution is -2.45. The van der Waals surface area contributed by atoms with Crippen molar-refractivity contribution < 1.29 is 14.3 Å². The molecule has 3 fully saturated rings. The summed E-state index contributed by atoms with van der Waals surface area (Å²) in [6.07, 6.45) is 5.91. The molecule has 3 heteroatoms. The van der Waals surface area contributed by atoms with Crippen LogP contribution in [0.25, 0.3) is 0 Å². The third-order valence-corrected chi connectivity index (χ3v) is 6.60. The molecular formula is C19H30O3. The Morgan fingerprint density at radius 1 is 1.09 bits per heavy atom. The molecular weight excluding hydrogens is 276 g/mol. The molecule has 2 bridgehead atoms. The first-order valence-corrected chi connectivity index (χ1v) is 9.03. The van der Waals surface area contributed by atoms with E-state index in [0.29, 0.717) is 24.2 Å². The van der Waals surface area contributed by atoms with E-state index >= 15 is 0 Å². The maximum Gasteiger partial charge on any atom is 0.309 e. The Kier molecular flexibility index (Phi) is 4.11. The van der Waals surface area contributed by atoms with Gasteiger partial charge < -0.3 is 4.74 Å². The molecule has 0 aromatic rings. The highest BCUT2D eigenvalue weighted by Crippen LogP contribution is 2.52. The van der Waals surface area contributed by atoms with Crippen LogP contribution in [0.3, 0.4) is 0 Å². The van der Waals surface area contributed by atoms with Gasteiger partial charge >= 0.3 is 5.97 Å². The van der Waals surface area contributed by atoms with E-state index in [-0.39, 0.29) is 23.6 Å². The molecule has 6 unspecified atom stereocenters. The topological polar surface area (TPSA) is 43.4 Å². The van der Waals surface area contributed by atoms with Crippen LogP contribution in [0.15, 0.2) is 0 Å². The van der Waals surface area contributed by atoms with Crippen molar-refractivity contribution in [3.05, 3.63) is 0 Å². The second kappa shape index (κ2) is 5.65. The van der Waals surface area contributed by atoms with Gasteiger partial charge in [-0.05, 0) is 69.6 Å². The predicted molar refractivity (Wildman–Crippen MR) is 85.2 cm³/mol. The van der Waals surface area contributed by atoms with Crippen molar-refractivity contribution in [1.82, 2.24) is 0 Å². The molecule has 0 aromatic carbocycles.